The van der Waals surface area contributed by atoms with Crippen LogP contribution in [0.4, 0.5) is 5.13 Å². The van der Waals surface area contributed by atoms with Crippen LogP contribution in [0, 0.1) is 6.92 Å². The molecule has 7 rings (SSSR count). The largest absolute Gasteiger partial charge is 0.507 e. The predicted molar refractivity (Wildman–Crippen MR) is 200 cm³/mol. The monoisotopic (exact) mass is 711 g/mol. The van der Waals surface area contributed by atoms with Gasteiger partial charge in [0.15, 0.2) is 4.34 Å². The van der Waals surface area contributed by atoms with E-state index in [4.69, 9.17) is 9.47 Å². The average molecular weight is 712 g/mol. The Kier molecular flexibility index (Phi) is 10.2. The summed E-state index contributed by atoms with van der Waals surface area (Å²) in [6.07, 6.45) is 0. The Morgan fingerprint density at radius 2 is 1.35 bits per heavy atom. The van der Waals surface area contributed by atoms with Gasteiger partial charge >= 0.3 is 5.91 Å². The standard InChI is InChI=1S/C41H33N3O5S2/c1-27-10-8-9-15-32(27)25-49-34-22-18-31(19-23-34)37(45)35-36(30-16-20-33(21-17-30)48-24-28-11-4-2-5-12-28)44(39(47)38(35)46)40-42-43-41(51-40)50-26-29-13-6-3-7-14-29/h2-23,36,45H,24-26H2,1H3. The van der Waals surface area contributed by atoms with Crippen molar-refractivity contribution in [2.24, 2.45) is 0 Å². The molecule has 1 aliphatic rings. The number of amides is 1. The first-order valence-electron chi connectivity index (χ1n) is 16.3. The normalized spacial score (nSPS) is 15.2. The van der Waals surface area contributed by atoms with Crippen LogP contribution < -0.4 is 14.4 Å². The minimum absolute atomic E-state index is 0.0415. The van der Waals surface area contributed by atoms with Crippen LogP contribution in [-0.2, 0) is 28.6 Å². The lowest BCUT2D eigenvalue weighted by Crippen LogP contribution is -2.29. The van der Waals surface area contributed by atoms with Gasteiger partial charge in [-0.3, -0.25) is 14.5 Å². The first-order chi connectivity index (χ1) is 24.9. The number of nitrogens with zero attached hydrogens (tertiary/aromatic N) is 3. The van der Waals surface area contributed by atoms with Crippen LogP contribution in [0.2, 0.25) is 0 Å². The first-order valence-corrected chi connectivity index (χ1v) is 18.1. The minimum atomic E-state index is -0.954. The van der Waals surface area contributed by atoms with Gasteiger partial charge in [0.25, 0.3) is 5.78 Å². The highest BCUT2D eigenvalue weighted by molar-refractivity contribution is 8.00. The summed E-state index contributed by atoms with van der Waals surface area (Å²) in [5, 5.41) is 20.6. The molecule has 6 aromatic rings. The molecular weight excluding hydrogens is 679 g/mol. The maximum absolute atomic E-state index is 13.8. The highest BCUT2D eigenvalue weighted by Crippen LogP contribution is 2.44. The molecule has 2 heterocycles. The molecule has 1 N–H and O–H groups in total. The second-order valence-corrected chi connectivity index (χ2v) is 14.1. The number of hydrogen-bond acceptors (Lipinski definition) is 9. The molecule has 8 nitrogen and oxygen atoms in total. The Morgan fingerprint density at radius 1 is 0.745 bits per heavy atom. The van der Waals surface area contributed by atoms with Crippen LogP contribution in [-0.4, -0.2) is 27.0 Å². The van der Waals surface area contributed by atoms with Gasteiger partial charge in [0.2, 0.25) is 5.13 Å². The molecule has 0 aliphatic carbocycles. The Hall–Kier alpha value is -5.71. The lowest BCUT2D eigenvalue weighted by molar-refractivity contribution is -0.132. The molecule has 1 amide bonds. The lowest BCUT2D eigenvalue weighted by atomic mass is 9.95. The summed E-state index contributed by atoms with van der Waals surface area (Å²) < 4.78 is 12.6. The van der Waals surface area contributed by atoms with Gasteiger partial charge in [-0.25, -0.2) is 0 Å². The van der Waals surface area contributed by atoms with Crippen molar-refractivity contribution in [2.45, 2.75) is 36.3 Å². The zero-order chi connectivity index (χ0) is 35.2. The van der Waals surface area contributed by atoms with Crippen molar-refractivity contribution in [2.75, 3.05) is 4.90 Å². The molecule has 0 radical (unpaired) electrons. The third kappa shape index (κ3) is 7.72. The van der Waals surface area contributed by atoms with Crippen LogP contribution in [0.25, 0.3) is 5.76 Å². The van der Waals surface area contributed by atoms with Crippen LogP contribution in [0.1, 0.15) is 39.4 Å². The minimum Gasteiger partial charge on any atom is -0.507 e. The van der Waals surface area contributed by atoms with Gasteiger partial charge in [-0.1, -0.05) is 120 Å². The highest BCUT2D eigenvalue weighted by atomic mass is 32.2. The summed E-state index contributed by atoms with van der Waals surface area (Å²) in [7, 11) is 0. The van der Waals surface area contributed by atoms with Gasteiger partial charge in [-0.2, -0.15) is 0 Å². The van der Waals surface area contributed by atoms with E-state index in [1.807, 2.05) is 91.9 Å². The summed E-state index contributed by atoms with van der Waals surface area (Å²) in [5.74, 6) is 0.00484. The van der Waals surface area contributed by atoms with Gasteiger partial charge in [0, 0.05) is 11.3 Å². The molecule has 1 fully saturated rings. The van der Waals surface area contributed by atoms with Crippen LogP contribution in [0.15, 0.2) is 143 Å². The molecule has 1 atom stereocenters. The number of thioether (sulfide) groups is 1. The molecule has 10 heteroatoms. The second-order valence-electron chi connectivity index (χ2n) is 11.9. The number of aromatic nitrogens is 2. The van der Waals surface area contributed by atoms with Crippen molar-refractivity contribution < 1.29 is 24.2 Å². The highest BCUT2D eigenvalue weighted by Gasteiger charge is 2.48. The molecular formula is C41H33N3O5S2. The van der Waals surface area contributed by atoms with Crippen molar-refractivity contribution in [3.63, 3.8) is 0 Å². The van der Waals surface area contributed by atoms with Gasteiger partial charge < -0.3 is 14.6 Å². The van der Waals surface area contributed by atoms with E-state index in [1.165, 1.54) is 28.0 Å². The number of hydrogen-bond donors (Lipinski definition) is 1. The van der Waals surface area contributed by atoms with Crippen molar-refractivity contribution in [3.05, 3.63) is 172 Å². The van der Waals surface area contributed by atoms with E-state index in [1.54, 1.807) is 48.5 Å². The van der Waals surface area contributed by atoms with Crippen molar-refractivity contribution >= 4 is 45.7 Å². The zero-order valence-corrected chi connectivity index (χ0v) is 29.3. The quantitative estimate of drug-likeness (QED) is 0.0442. The lowest BCUT2D eigenvalue weighted by Gasteiger charge is -2.22. The number of aliphatic hydroxyl groups excluding tert-OH is 1. The molecule has 5 aromatic carbocycles. The number of carbonyl (C=O) groups is 2. The number of ether oxygens (including phenoxy) is 2. The van der Waals surface area contributed by atoms with Gasteiger partial charge in [-0.05, 0) is 71.1 Å². The Bertz CT molecular complexity index is 2170. The summed E-state index contributed by atoms with van der Waals surface area (Å²) >= 11 is 2.73. The van der Waals surface area contributed by atoms with E-state index in [-0.39, 0.29) is 16.5 Å². The maximum Gasteiger partial charge on any atom is 0.301 e. The first kappa shape index (κ1) is 33.8. The Morgan fingerprint density at radius 3 is 2.04 bits per heavy atom. The van der Waals surface area contributed by atoms with Crippen molar-refractivity contribution in [3.8, 4) is 11.5 Å². The zero-order valence-electron chi connectivity index (χ0n) is 27.6. The fourth-order valence-electron chi connectivity index (χ4n) is 5.71. The number of rotatable bonds is 12. The summed E-state index contributed by atoms with van der Waals surface area (Å²) in [6, 6.07) is 40.9. The van der Waals surface area contributed by atoms with E-state index in [2.05, 4.69) is 10.2 Å². The number of Topliss-reactive ketones (excluding diaryl/α,β-unsaturated/α-hetero) is 1. The average Bonchev–Trinajstić information content (AvgIpc) is 3.75. The SMILES string of the molecule is Cc1ccccc1COc1ccc(C(O)=C2C(=O)C(=O)N(c3nnc(SCc4ccccc4)s3)C2c2ccc(OCc3ccccc3)cc2)cc1. The third-order valence-electron chi connectivity index (χ3n) is 8.48. The number of benzene rings is 5. The van der Waals surface area contributed by atoms with Gasteiger partial charge in [-0.15, -0.1) is 10.2 Å². The molecule has 1 aromatic heterocycles. The fraction of sp³-hybridized carbons (Fsp3) is 0.122. The van der Waals surface area contributed by atoms with E-state index in [0.29, 0.717) is 45.9 Å². The van der Waals surface area contributed by atoms with Crippen LogP contribution in [0.3, 0.4) is 0 Å². The molecule has 1 unspecified atom stereocenters. The third-order valence-corrected chi connectivity index (χ3v) is 10.6. The predicted octanol–water partition coefficient (Wildman–Crippen LogP) is 8.92. The van der Waals surface area contributed by atoms with E-state index >= 15 is 0 Å². The van der Waals surface area contributed by atoms with Crippen LogP contribution >= 0.6 is 23.1 Å². The second kappa shape index (κ2) is 15.5. The molecule has 1 aliphatic heterocycles. The van der Waals surface area contributed by atoms with Crippen molar-refractivity contribution in [1.29, 1.82) is 0 Å². The van der Waals surface area contributed by atoms with E-state index in [9.17, 15) is 14.7 Å². The summed E-state index contributed by atoms with van der Waals surface area (Å²) in [4.78, 5) is 28.9. The molecule has 51 heavy (non-hydrogen) atoms. The topological polar surface area (TPSA) is 102 Å². The van der Waals surface area contributed by atoms with E-state index in [0.717, 1.165) is 22.3 Å². The smallest absolute Gasteiger partial charge is 0.301 e. The van der Waals surface area contributed by atoms with E-state index < -0.39 is 17.7 Å². The summed E-state index contributed by atoms with van der Waals surface area (Å²) in [6.45, 7) is 2.81. The number of ketones is 1. The molecule has 0 saturated carbocycles. The Labute approximate surface area is 304 Å². The maximum atomic E-state index is 13.8. The Balaban J connectivity index is 1.18. The summed E-state index contributed by atoms with van der Waals surface area (Å²) in [5.41, 5.74) is 5.29. The number of carbonyl (C=O) groups excluding carboxylic acids is 2. The van der Waals surface area contributed by atoms with Gasteiger partial charge in [0.05, 0.1) is 11.6 Å². The van der Waals surface area contributed by atoms with Crippen molar-refractivity contribution in [1.82, 2.24) is 10.2 Å². The number of anilines is 1. The van der Waals surface area contributed by atoms with Crippen LogP contribution in [0.5, 0.6) is 11.5 Å². The number of aryl methyl sites for hydroxylation is 1. The fourth-order valence-corrected chi connectivity index (χ4v) is 7.53. The number of aliphatic hydroxyl groups is 1. The molecule has 1 saturated heterocycles. The molecule has 0 bridgehead atoms. The van der Waals surface area contributed by atoms with Gasteiger partial charge in [0.1, 0.15) is 30.5 Å². The molecule has 254 valence electrons. The molecule has 0 spiro atoms.